The number of alkyl halides is 3. The lowest BCUT2D eigenvalue weighted by atomic mass is 10.1. The van der Waals surface area contributed by atoms with Crippen LogP contribution in [0.5, 0.6) is 0 Å². The third kappa shape index (κ3) is 5.40. The molecular formula is C19H20ClF3N2O4S2. The van der Waals surface area contributed by atoms with E-state index in [-0.39, 0.29) is 35.8 Å². The first-order valence-electron chi connectivity index (χ1n) is 9.26. The molecule has 1 N–H and O–H groups in total. The minimum absolute atomic E-state index is 0.0692. The number of sulfonamides is 2. The highest BCUT2D eigenvalue weighted by atomic mass is 35.5. The molecule has 1 fully saturated rings. The summed E-state index contributed by atoms with van der Waals surface area (Å²) >= 11 is 5.84. The van der Waals surface area contributed by atoms with E-state index in [0.29, 0.717) is 12.1 Å². The normalized spacial score (nSPS) is 17.1. The second-order valence-corrected chi connectivity index (χ2v) is 11.3. The van der Waals surface area contributed by atoms with Crippen LogP contribution in [0.1, 0.15) is 24.0 Å². The fourth-order valence-corrected chi connectivity index (χ4v) is 6.54. The maximum atomic E-state index is 12.9. The van der Waals surface area contributed by atoms with Crippen LogP contribution in [0, 0.1) is 6.92 Å². The van der Waals surface area contributed by atoms with Crippen molar-refractivity contribution in [1.29, 1.82) is 0 Å². The SMILES string of the molecule is Cc1ccc(S(=O)(=O)N2CCC(NS(=O)(=O)c3cc(C(F)(F)F)ccc3Cl)CC2)cc1. The Labute approximate surface area is 184 Å². The molecule has 0 atom stereocenters. The Hall–Kier alpha value is -1.66. The number of piperidine rings is 1. The van der Waals surface area contributed by atoms with Gasteiger partial charge in [-0.1, -0.05) is 29.3 Å². The largest absolute Gasteiger partial charge is 0.416 e. The van der Waals surface area contributed by atoms with Gasteiger partial charge in [0.2, 0.25) is 20.0 Å². The van der Waals surface area contributed by atoms with E-state index in [9.17, 15) is 30.0 Å². The van der Waals surface area contributed by atoms with Crippen LogP contribution >= 0.6 is 11.6 Å². The molecule has 0 spiro atoms. The van der Waals surface area contributed by atoms with Crippen molar-refractivity contribution in [2.75, 3.05) is 13.1 Å². The van der Waals surface area contributed by atoms with E-state index in [4.69, 9.17) is 11.6 Å². The van der Waals surface area contributed by atoms with E-state index in [1.807, 2.05) is 6.92 Å². The number of hydrogen-bond acceptors (Lipinski definition) is 4. The molecule has 0 aliphatic carbocycles. The van der Waals surface area contributed by atoms with E-state index < -0.39 is 42.7 Å². The molecule has 0 saturated carbocycles. The zero-order valence-electron chi connectivity index (χ0n) is 16.4. The molecular weight excluding hydrogens is 477 g/mol. The lowest BCUT2D eigenvalue weighted by Gasteiger charge is -2.31. The van der Waals surface area contributed by atoms with Crippen LogP contribution in [0.25, 0.3) is 0 Å². The highest BCUT2D eigenvalue weighted by Crippen LogP contribution is 2.33. The summed E-state index contributed by atoms with van der Waals surface area (Å²) in [7, 11) is -8.05. The van der Waals surface area contributed by atoms with Gasteiger partial charge in [0.25, 0.3) is 0 Å². The minimum Gasteiger partial charge on any atom is -0.208 e. The van der Waals surface area contributed by atoms with Gasteiger partial charge in [-0.25, -0.2) is 21.6 Å². The second-order valence-electron chi connectivity index (χ2n) is 7.26. The molecule has 31 heavy (non-hydrogen) atoms. The molecule has 3 rings (SSSR count). The average molecular weight is 497 g/mol. The van der Waals surface area contributed by atoms with Crippen molar-refractivity contribution in [2.45, 2.75) is 41.8 Å². The third-order valence-electron chi connectivity index (χ3n) is 4.98. The standard InChI is InChI=1S/C19H20ClF3N2O4S2/c1-13-2-5-16(6-3-13)31(28,29)25-10-8-15(9-11-25)24-30(26,27)18-12-14(19(21,22)23)4-7-17(18)20/h2-7,12,15,24H,8-11H2,1H3. The number of nitrogens with zero attached hydrogens (tertiary/aromatic N) is 1. The van der Waals surface area contributed by atoms with Crippen LogP contribution < -0.4 is 4.72 Å². The van der Waals surface area contributed by atoms with Gasteiger partial charge in [-0.2, -0.15) is 17.5 Å². The number of nitrogens with one attached hydrogen (secondary N) is 1. The number of benzene rings is 2. The van der Waals surface area contributed by atoms with Gasteiger partial charge < -0.3 is 0 Å². The van der Waals surface area contributed by atoms with Crippen LogP contribution in [0.15, 0.2) is 52.3 Å². The molecule has 2 aromatic carbocycles. The predicted octanol–water partition coefficient (Wildman–Crippen LogP) is 3.80. The summed E-state index contributed by atoms with van der Waals surface area (Å²) in [6, 6.07) is 7.83. The molecule has 0 bridgehead atoms. The molecule has 170 valence electrons. The van der Waals surface area contributed by atoms with Crippen molar-refractivity contribution in [3.05, 3.63) is 58.6 Å². The number of rotatable bonds is 5. The van der Waals surface area contributed by atoms with Gasteiger partial charge in [0.05, 0.1) is 15.5 Å². The first kappa shape index (κ1) is 24.0. The van der Waals surface area contributed by atoms with Crippen LogP contribution in [0.3, 0.4) is 0 Å². The molecule has 2 aromatic rings. The summed E-state index contributed by atoms with van der Waals surface area (Å²) in [6.07, 6.45) is -4.38. The minimum atomic E-state index is -4.72. The molecule has 0 aromatic heterocycles. The van der Waals surface area contributed by atoms with Gasteiger partial charge in [0.15, 0.2) is 0 Å². The Morgan fingerprint density at radius 3 is 2.13 bits per heavy atom. The third-order valence-corrected chi connectivity index (χ3v) is 8.90. The Morgan fingerprint density at radius 1 is 1.00 bits per heavy atom. The summed E-state index contributed by atoms with van der Waals surface area (Å²) in [5.74, 6) is 0. The smallest absolute Gasteiger partial charge is 0.208 e. The number of halogens is 4. The highest BCUT2D eigenvalue weighted by molar-refractivity contribution is 7.89. The fraction of sp³-hybridized carbons (Fsp3) is 0.368. The number of aryl methyl sites for hydroxylation is 1. The summed E-state index contributed by atoms with van der Waals surface area (Å²) in [6.45, 7) is 1.98. The predicted molar refractivity (Wildman–Crippen MR) is 110 cm³/mol. The first-order chi connectivity index (χ1) is 14.3. The van der Waals surface area contributed by atoms with Crippen LogP contribution in [-0.4, -0.2) is 40.3 Å². The molecule has 1 aliphatic heterocycles. The van der Waals surface area contributed by atoms with Gasteiger partial charge in [0, 0.05) is 19.1 Å². The Kier molecular flexibility index (Phi) is 6.73. The summed E-state index contributed by atoms with van der Waals surface area (Å²) in [5, 5.41) is -0.333. The van der Waals surface area contributed by atoms with Crippen LogP contribution in [0.4, 0.5) is 13.2 Å². The van der Waals surface area contributed by atoms with Crippen molar-refractivity contribution < 1.29 is 30.0 Å². The van der Waals surface area contributed by atoms with E-state index in [1.54, 1.807) is 12.1 Å². The molecule has 1 saturated heterocycles. The summed E-state index contributed by atoms with van der Waals surface area (Å²) in [5.41, 5.74) is -0.211. The fourth-order valence-electron chi connectivity index (χ4n) is 3.24. The van der Waals surface area contributed by atoms with Crippen molar-refractivity contribution >= 4 is 31.6 Å². The average Bonchev–Trinajstić information content (AvgIpc) is 2.67. The quantitative estimate of drug-likeness (QED) is 0.682. The van der Waals surface area contributed by atoms with Gasteiger partial charge in [-0.15, -0.1) is 0 Å². The van der Waals surface area contributed by atoms with E-state index in [1.165, 1.54) is 16.4 Å². The lowest BCUT2D eigenvalue weighted by Crippen LogP contribution is -2.46. The first-order valence-corrected chi connectivity index (χ1v) is 12.6. The van der Waals surface area contributed by atoms with E-state index in [2.05, 4.69) is 4.72 Å². The molecule has 1 aliphatic rings. The lowest BCUT2D eigenvalue weighted by molar-refractivity contribution is -0.137. The zero-order valence-corrected chi connectivity index (χ0v) is 18.7. The van der Waals surface area contributed by atoms with Crippen molar-refractivity contribution in [2.24, 2.45) is 0 Å². The Bertz CT molecular complexity index is 1160. The molecule has 1 heterocycles. The molecule has 0 radical (unpaired) electrons. The summed E-state index contributed by atoms with van der Waals surface area (Å²) < 4.78 is 93.2. The topological polar surface area (TPSA) is 83.6 Å². The van der Waals surface area contributed by atoms with Crippen LogP contribution in [0.2, 0.25) is 5.02 Å². The maximum absolute atomic E-state index is 12.9. The molecule has 12 heteroatoms. The zero-order chi connectivity index (χ0) is 23.0. The van der Waals surface area contributed by atoms with Gasteiger partial charge in [0.1, 0.15) is 4.90 Å². The number of hydrogen-bond donors (Lipinski definition) is 1. The van der Waals surface area contributed by atoms with Crippen molar-refractivity contribution in [1.82, 2.24) is 9.03 Å². The van der Waals surface area contributed by atoms with E-state index >= 15 is 0 Å². The van der Waals surface area contributed by atoms with Gasteiger partial charge in [-0.3, -0.25) is 0 Å². The molecule has 6 nitrogen and oxygen atoms in total. The van der Waals surface area contributed by atoms with E-state index in [0.717, 1.165) is 11.6 Å². The maximum Gasteiger partial charge on any atom is 0.416 e. The van der Waals surface area contributed by atoms with Gasteiger partial charge >= 0.3 is 6.18 Å². The summed E-state index contributed by atoms with van der Waals surface area (Å²) in [4.78, 5) is -0.522. The molecule has 0 amide bonds. The monoisotopic (exact) mass is 496 g/mol. The Morgan fingerprint density at radius 2 is 1.58 bits per heavy atom. The van der Waals surface area contributed by atoms with Crippen molar-refractivity contribution in [3.8, 4) is 0 Å². The van der Waals surface area contributed by atoms with Crippen molar-refractivity contribution in [3.63, 3.8) is 0 Å². The highest BCUT2D eigenvalue weighted by Gasteiger charge is 2.35. The molecule has 0 unspecified atom stereocenters. The van der Waals surface area contributed by atoms with Crippen LogP contribution in [-0.2, 0) is 26.2 Å². The Balaban J connectivity index is 1.71. The van der Waals surface area contributed by atoms with Gasteiger partial charge in [-0.05, 0) is 50.1 Å². The second kappa shape index (κ2) is 8.70.